The van der Waals surface area contributed by atoms with E-state index in [9.17, 15) is 8.78 Å². The lowest BCUT2D eigenvalue weighted by molar-refractivity contribution is 0.409. The number of methoxy groups -OCH3 is 1. The fraction of sp³-hybridized carbons (Fsp3) is 0.188. The van der Waals surface area contributed by atoms with Crippen LogP contribution in [-0.4, -0.2) is 12.2 Å². The molecule has 2 rings (SSSR count). The van der Waals surface area contributed by atoms with Crippen LogP contribution in [0.3, 0.4) is 0 Å². The first-order chi connectivity index (χ1) is 10.6. The van der Waals surface area contributed by atoms with Crippen LogP contribution < -0.4 is 15.4 Å². The lowest BCUT2D eigenvalue weighted by Gasteiger charge is -2.12. The summed E-state index contributed by atoms with van der Waals surface area (Å²) in [6.45, 7) is 0.822. The van der Waals surface area contributed by atoms with E-state index in [0.717, 1.165) is 23.4 Å². The zero-order valence-electron chi connectivity index (χ0n) is 12.0. The summed E-state index contributed by atoms with van der Waals surface area (Å²) >= 11 is 5.16. The number of nitrogens with one attached hydrogen (secondary N) is 2. The molecule has 0 saturated carbocycles. The van der Waals surface area contributed by atoms with Crippen LogP contribution in [0, 0.1) is 11.6 Å². The van der Waals surface area contributed by atoms with E-state index in [2.05, 4.69) is 10.6 Å². The molecule has 22 heavy (non-hydrogen) atoms. The third-order valence-electron chi connectivity index (χ3n) is 3.07. The van der Waals surface area contributed by atoms with E-state index in [4.69, 9.17) is 17.0 Å². The number of thiocarbonyl (C=S) groups is 1. The molecular formula is C16H16F2N2OS. The predicted molar refractivity (Wildman–Crippen MR) is 85.6 cm³/mol. The fourth-order valence-electron chi connectivity index (χ4n) is 1.92. The average Bonchev–Trinajstić information content (AvgIpc) is 2.54. The molecule has 0 heterocycles. The SMILES string of the molecule is COc1ccccc1CNC(=S)NCc1ccc(F)c(F)c1. The Bertz CT molecular complexity index is 664. The highest BCUT2D eigenvalue weighted by molar-refractivity contribution is 7.80. The summed E-state index contributed by atoms with van der Waals surface area (Å²) in [5, 5.41) is 6.41. The van der Waals surface area contributed by atoms with Gasteiger partial charge in [0.05, 0.1) is 7.11 Å². The second-order valence-electron chi connectivity index (χ2n) is 4.60. The molecule has 116 valence electrons. The average molecular weight is 322 g/mol. The van der Waals surface area contributed by atoms with Gasteiger partial charge in [0, 0.05) is 18.7 Å². The number of hydrogen-bond donors (Lipinski definition) is 2. The molecule has 0 spiro atoms. The maximum absolute atomic E-state index is 13.1. The molecule has 0 saturated heterocycles. The molecule has 0 aromatic heterocycles. The van der Waals surface area contributed by atoms with Crippen molar-refractivity contribution in [2.45, 2.75) is 13.1 Å². The van der Waals surface area contributed by atoms with E-state index in [1.165, 1.54) is 6.07 Å². The van der Waals surface area contributed by atoms with Crippen LogP contribution in [0.2, 0.25) is 0 Å². The molecule has 0 amide bonds. The molecule has 2 aromatic rings. The van der Waals surface area contributed by atoms with Gasteiger partial charge in [-0.15, -0.1) is 0 Å². The van der Waals surface area contributed by atoms with Crippen LogP contribution in [-0.2, 0) is 13.1 Å². The minimum Gasteiger partial charge on any atom is -0.496 e. The predicted octanol–water partition coefficient (Wildman–Crippen LogP) is 3.14. The summed E-state index contributed by atoms with van der Waals surface area (Å²) < 4.78 is 31.2. The Kier molecular flexibility index (Phi) is 5.66. The minimum absolute atomic E-state index is 0.314. The zero-order valence-corrected chi connectivity index (χ0v) is 12.8. The fourth-order valence-corrected chi connectivity index (χ4v) is 2.06. The normalized spacial score (nSPS) is 10.1. The van der Waals surface area contributed by atoms with Crippen molar-refractivity contribution in [2.75, 3.05) is 7.11 Å². The van der Waals surface area contributed by atoms with Gasteiger partial charge in [0.25, 0.3) is 0 Å². The van der Waals surface area contributed by atoms with Gasteiger partial charge in [0.15, 0.2) is 16.7 Å². The molecule has 6 heteroatoms. The smallest absolute Gasteiger partial charge is 0.166 e. The Morgan fingerprint density at radius 2 is 1.77 bits per heavy atom. The summed E-state index contributed by atoms with van der Waals surface area (Å²) in [5.74, 6) is -0.953. The van der Waals surface area contributed by atoms with Crippen molar-refractivity contribution in [3.05, 3.63) is 65.2 Å². The van der Waals surface area contributed by atoms with E-state index in [1.54, 1.807) is 7.11 Å². The second kappa shape index (κ2) is 7.70. The van der Waals surface area contributed by atoms with Crippen molar-refractivity contribution in [3.63, 3.8) is 0 Å². The Morgan fingerprint density at radius 3 is 2.50 bits per heavy atom. The maximum Gasteiger partial charge on any atom is 0.166 e. The summed E-state index contributed by atoms with van der Waals surface area (Å²) in [6, 6.07) is 11.4. The first kappa shape index (κ1) is 16.2. The number of halogens is 2. The highest BCUT2D eigenvalue weighted by Crippen LogP contribution is 2.16. The standard InChI is InChI=1S/C16H16F2N2OS/c1-21-15-5-3-2-4-12(15)10-20-16(22)19-9-11-6-7-13(17)14(18)8-11/h2-8H,9-10H2,1H3,(H2,19,20,22). The van der Waals surface area contributed by atoms with Crippen LogP contribution in [0.15, 0.2) is 42.5 Å². The third-order valence-corrected chi connectivity index (χ3v) is 3.36. The number of para-hydroxylation sites is 1. The van der Waals surface area contributed by atoms with Gasteiger partial charge in [-0.05, 0) is 36.0 Å². The summed E-state index contributed by atoms with van der Waals surface area (Å²) in [5.41, 5.74) is 1.59. The van der Waals surface area contributed by atoms with Crippen molar-refractivity contribution in [1.29, 1.82) is 0 Å². The Balaban J connectivity index is 1.84. The molecule has 0 unspecified atom stereocenters. The van der Waals surface area contributed by atoms with Crippen molar-refractivity contribution in [1.82, 2.24) is 10.6 Å². The molecule has 2 aromatic carbocycles. The van der Waals surface area contributed by atoms with E-state index in [1.807, 2.05) is 24.3 Å². The maximum atomic E-state index is 13.1. The van der Waals surface area contributed by atoms with Gasteiger partial charge in [0.2, 0.25) is 0 Å². The molecule has 0 radical (unpaired) electrons. The highest BCUT2D eigenvalue weighted by Gasteiger charge is 2.04. The number of hydrogen-bond acceptors (Lipinski definition) is 2. The molecule has 0 aliphatic heterocycles. The summed E-state index contributed by atoms with van der Waals surface area (Å²) in [6.07, 6.45) is 0. The summed E-state index contributed by atoms with van der Waals surface area (Å²) in [4.78, 5) is 0. The lowest BCUT2D eigenvalue weighted by Crippen LogP contribution is -2.34. The number of ether oxygens (including phenoxy) is 1. The van der Waals surface area contributed by atoms with Crippen LogP contribution in [0.5, 0.6) is 5.75 Å². The highest BCUT2D eigenvalue weighted by atomic mass is 32.1. The van der Waals surface area contributed by atoms with Crippen LogP contribution >= 0.6 is 12.2 Å². The van der Waals surface area contributed by atoms with Gasteiger partial charge < -0.3 is 15.4 Å². The third kappa shape index (κ3) is 4.39. The van der Waals surface area contributed by atoms with Gasteiger partial charge in [0.1, 0.15) is 5.75 Å². The Morgan fingerprint density at radius 1 is 1.05 bits per heavy atom. The molecule has 2 N–H and O–H groups in total. The van der Waals surface area contributed by atoms with E-state index in [-0.39, 0.29) is 0 Å². The van der Waals surface area contributed by atoms with Crippen molar-refractivity contribution in [2.24, 2.45) is 0 Å². The molecule has 0 bridgehead atoms. The van der Waals surface area contributed by atoms with E-state index >= 15 is 0 Å². The minimum atomic E-state index is -0.868. The van der Waals surface area contributed by atoms with Crippen molar-refractivity contribution >= 4 is 17.3 Å². The van der Waals surface area contributed by atoms with Gasteiger partial charge in [-0.1, -0.05) is 24.3 Å². The topological polar surface area (TPSA) is 33.3 Å². The lowest BCUT2D eigenvalue weighted by atomic mass is 10.2. The van der Waals surface area contributed by atoms with Crippen LogP contribution in [0.1, 0.15) is 11.1 Å². The molecular weight excluding hydrogens is 306 g/mol. The zero-order chi connectivity index (χ0) is 15.9. The second-order valence-corrected chi connectivity index (χ2v) is 5.00. The van der Waals surface area contributed by atoms with E-state index in [0.29, 0.717) is 23.8 Å². The molecule has 0 aliphatic carbocycles. The molecule has 0 atom stereocenters. The summed E-state index contributed by atoms with van der Waals surface area (Å²) in [7, 11) is 1.61. The Labute approximate surface area is 133 Å². The molecule has 0 aliphatic rings. The van der Waals surface area contributed by atoms with E-state index < -0.39 is 11.6 Å². The van der Waals surface area contributed by atoms with Crippen LogP contribution in [0.25, 0.3) is 0 Å². The monoisotopic (exact) mass is 322 g/mol. The van der Waals surface area contributed by atoms with Gasteiger partial charge in [-0.2, -0.15) is 0 Å². The number of benzene rings is 2. The largest absolute Gasteiger partial charge is 0.496 e. The van der Waals surface area contributed by atoms with Gasteiger partial charge in [-0.3, -0.25) is 0 Å². The van der Waals surface area contributed by atoms with Crippen molar-refractivity contribution in [3.8, 4) is 5.75 Å². The first-order valence-corrected chi connectivity index (χ1v) is 7.08. The van der Waals surface area contributed by atoms with Crippen molar-refractivity contribution < 1.29 is 13.5 Å². The molecule has 0 fully saturated rings. The Hall–Kier alpha value is -2.21. The molecule has 3 nitrogen and oxygen atoms in total. The number of rotatable bonds is 5. The van der Waals surface area contributed by atoms with Gasteiger partial charge >= 0.3 is 0 Å². The quantitative estimate of drug-likeness (QED) is 0.829. The van der Waals surface area contributed by atoms with Gasteiger partial charge in [-0.25, -0.2) is 8.78 Å². The van der Waals surface area contributed by atoms with Crippen LogP contribution in [0.4, 0.5) is 8.78 Å². The first-order valence-electron chi connectivity index (χ1n) is 6.67.